The minimum Gasteiger partial charge on any atom is -0.367 e. The van der Waals surface area contributed by atoms with Crippen LogP contribution in [0.5, 0.6) is 0 Å². The molecule has 2 heterocycles. The van der Waals surface area contributed by atoms with Gasteiger partial charge in [-0.15, -0.1) is 0 Å². The molecule has 0 radical (unpaired) electrons. The first-order chi connectivity index (χ1) is 23.0. The summed E-state index contributed by atoms with van der Waals surface area (Å²) in [6.07, 6.45) is 2.98. The molecule has 2 fully saturated rings. The SMILES string of the molecule is O=C(C=Cc1ccccc1)NC(=O)Nc1cc(C(=O)N2CCNCC2)ccc1N1CCN(C(c2ccccc2)c2ccccc2)CC1. The largest absolute Gasteiger partial charge is 0.367 e. The fraction of sp³-hybridized carbons (Fsp3) is 0.237. The number of hydrogen-bond acceptors (Lipinski definition) is 6. The van der Waals surface area contributed by atoms with Gasteiger partial charge in [-0.05, 0) is 41.0 Å². The smallest absolute Gasteiger partial charge is 0.326 e. The van der Waals surface area contributed by atoms with E-state index in [-0.39, 0.29) is 11.9 Å². The number of amides is 4. The van der Waals surface area contributed by atoms with Crippen molar-refractivity contribution in [2.24, 2.45) is 0 Å². The summed E-state index contributed by atoms with van der Waals surface area (Å²) in [6.45, 7) is 5.76. The minimum atomic E-state index is -0.660. The number of nitrogens with zero attached hydrogens (tertiary/aromatic N) is 3. The molecule has 4 aromatic rings. The molecule has 0 atom stereocenters. The summed E-state index contributed by atoms with van der Waals surface area (Å²) in [4.78, 5) is 45.6. The molecular formula is C38H40N6O3. The highest BCUT2D eigenvalue weighted by molar-refractivity contribution is 6.08. The number of nitrogens with one attached hydrogen (secondary N) is 3. The van der Waals surface area contributed by atoms with Gasteiger partial charge in [-0.3, -0.25) is 19.8 Å². The molecule has 0 spiro atoms. The molecule has 4 amide bonds. The van der Waals surface area contributed by atoms with Crippen LogP contribution in [-0.4, -0.2) is 80.0 Å². The van der Waals surface area contributed by atoms with E-state index in [0.717, 1.165) is 50.5 Å². The second-order valence-electron chi connectivity index (χ2n) is 11.7. The standard InChI is InChI=1S/C38H40N6O3/c45-35(19-16-29-10-4-1-5-11-29)41-38(47)40-33-28-32(37(46)44-22-20-39-21-23-44)17-18-34(33)42-24-26-43(27-25-42)36(30-12-6-2-7-13-30)31-14-8-3-9-15-31/h1-19,28,36,39H,20-27H2,(H2,40,41,45,47). The van der Waals surface area contributed by atoms with Crippen LogP contribution in [-0.2, 0) is 4.79 Å². The fourth-order valence-corrected chi connectivity index (χ4v) is 6.24. The third-order valence-corrected chi connectivity index (χ3v) is 8.61. The van der Waals surface area contributed by atoms with Gasteiger partial charge in [0.25, 0.3) is 11.8 Å². The lowest BCUT2D eigenvalue weighted by molar-refractivity contribution is -0.115. The Labute approximate surface area is 275 Å². The Morgan fingerprint density at radius 3 is 1.91 bits per heavy atom. The molecular weight excluding hydrogens is 588 g/mol. The first-order valence-corrected chi connectivity index (χ1v) is 16.1. The maximum atomic E-state index is 13.4. The Morgan fingerprint density at radius 2 is 1.30 bits per heavy atom. The van der Waals surface area contributed by atoms with Gasteiger partial charge in [0.15, 0.2) is 0 Å². The summed E-state index contributed by atoms with van der Waals surface area (Å²) in [5, 5.41) is 8.55. The highest BCUT2D eigenvalue weighted by Crippen LogP contribution is 2.33. The molecule has 0 unspecified atom stereocenters. The van der Waals surface area contributed by atoms with Crippen molar-refractivity contribution >= 4 is 35.3 Å². The lowest BCUT2D eigenvalue weighted by atomic mass is 9.96. The first kappa shape index (κ1) is 31.7. The number of benzene rings is 4. The van der Waals surface area contributed by atoms with Crippen LogP contribution in [0.4, 0.5) is 16.2 Å². The summed E-state index contributed by atoms with van der Waals surface area (Å²) in [7, 11) is 0. The summed E-state index contributed by atoms with van der Waals surface area (Å²) in [5.74, 6) is -0.621. The third-order valence-electron chi connectivity index (χ3n) is 8.61. The van der Waals surface area contributed by atoms with Crippen molar-refractivity contribution in [2.45, 2.75) is 6.04 Å². The van der Waals surface area contributed by atoms with E-state index < -0.39 is 11.9 Å². The van der Waals surface area contributed by atoms with E-state index in [1.165, 1.54) is 17.2 Å². The molecule has 47 heavy (non-hydrogen) atoms. The third kappa shape index (κ3) is 8.13. The molecule has 9 heteroatoms. The Bertz CT molecular complexity index is 1640. The van der Waals surface area contributed by atoms with Crippen molar-refractivity contribution < 1.29 is 14.4 Å². The number of imide groups is 1. The summed E-state index contributed by atoms with van der Waals surface area (Å²) < 4.78 is 0. The number of carbonyl (C=O) groups excluding carboxylic acids is 3. The molecule has 6 rings (SSSR count). The van der Waals surface area contributed by atoms with Crippen LogP contribution in [0.1, 0.15) is 33.1 Å². The first-order valence-electron chi connectivity index (χ1n) is 16.1. The van der Waals surface area contributed by atoms with Crippen molar-refractivity contribution in [3.63, 3.8) is 0 Å². The van der Waals surface area contributed by atoms with Crippen LogP contribution in [0.3, 0.4) is 0 Å². The van der Waals surface area contributed by atoms with Gasteiger partial charge in [-0.2, -0.15) is 0 Å². The minimum absolute atomic E-state index is 0.0817. The van der Waals surface area contributed by atoms with Gasteiger partial charge in [0, 0.05) is 64.0 Å². The molecule has 2 saturated heterocycles. The van der Waals surface area contributed by atoms with Gasteiger partial charge in [-0.1, -0.05) is 91.0 Å². The van der Waals surface area contributed by atoms with Gasteiger partial charge in [-0.25, -0.2) is 4.79 Å². The average Bonchev–Trinajstić information content (AvgIpc) is 3.12. The lowest BCUT2D eigenvalue weighted by Gasteiger charge is -2.41. The normalized spacial score (nSPS) is 15.5. The average molecular weight is 629 g/mol. The number of piperazine rings is 2. The zero-order valence-electron chi connectivity index (χ0n) is 26.3. The van der Waals surface area contributed by atoms with Crippen LogP contribution in [0, 0.1) is 0 Å². The molecule has 240 valence electrons. The lowest BCUT2D eigenvalue weighted by Crippen LogP contribution is -2.48. The molecule has 0 bridgehead atoms. The van der Waals surface area contributed by atoms with Crippen molar-refractivity contribution in [1.82, 2.24) is 20.4 Å². The van der Waals surface area contributed by atoms with Gasteiger partial charge in [0.1, 0.15) is 0 Å². The molecule has 4 aromatic carbocycles. The number of hydrogen-bond donors (Lipinski definition) is 3. The van der Waals surface area contributed by atoms with E-state index in [9.17, 15) is 14.4 Å². The van der Waals surface area contributed by atoms with Crippen LogP contribution in [0.25, 0.3) is 6.08 Å². The van der Waals surface area contributed by atoms with Crippen molar-refractivity contribution in [1.29, 1.82) is 0 Å². The highest BCUT2D eigenvalue weighted by atomic mass is 16.2. The number of anilines is 2. The van der Waals surface area contributed by atoms with E-state index in [1.807, 2.05) is 59.5 Å². The summed E-state index contributed by atoms with van der Waals surface area (Å²) in [5.41, 5.74) is 5.12. The maximum Gasteiger partial charge on any atom is 0.326 e. The quantitative estimate of drug-likeness (QED) is 0.238. The molecule has 9 nitrogen and oxygen atoms in total. The number of urea groups is 1. The Morgan fingerprint density at radius 1 is 0.702 bits per heavy atom. The van der Waals surface area contributed by atoms with Gasteiger partial charge in [0.05, 0.1) is 17.4 Å². The molecule has 3 N–H and O–H groups in total. The Balaban J connectivity index is 1.20. The molecule has 0 aromatic heterocycles. The summed E-state index contributed by atoms with van der Waals surface area (Å²) >= 11 is 0. The van der Waals surface area contributed by atoms with E-state index in [4.69, 9.17) is 0 Å². The number of rotatable bonds is 8. The molecule has 2 aliphatic rings. The topological polar surface area (TPSA) is 97.0 Å². The van der Waals surface area contributed by atoms with Crippen LogP contribution < -0.4 is 20.9 Å². The van der Waals surface area contributed by atoms with Crippen LogP contribution >= 0.6 is 0 Å². The predicted octanol–water partition coefficient (Wildman–Crippen LogP) is 5.01. The fourth-order valence-electron chi connectivity index (χ4n) is 6.24. The van der Waals surface area contributed by atoms with E-state index in [0.29, 0.717) is 24.3 Å². The van der Waals surface area contributed by atoms with Gasteiger partial charge >= 0.3 is 6.03 Å². The predicted molar refractivity (Wildman–Crippen MR) is 186 cm³/mol. The molecule has 0 aliphatic carbocycles. The second-order valence-corrected chi connectivity index (χ2v) is 11.7. The Hall–Kier alpha value is -5.25. The molecule has 2 aliphatic heterocycles. The van der Waals surface area contributed by atoms with Gasteiger partial charge in [0.2, 0.25) is 0 Å². The maximum absolute atomic E-state index is 13.4. The zero-order valence-corrected chi connectivity index (χ0v) is 26.3. The highest BCUT2D eigenvalue weighted by Gasteiger charge is 2.28. The Kier molecular flexibility index (Phi) is 10.4. The van der Waals surface area contributed by atoms with Crippen molar-refractivity contribution in [3.05, 3.63) is 138 Å². The molecule has 0 saturated carbocycles. The van der Waals surface area contributed by atoms with Crippen LogP contribution in [0.15, 0.2) is 115 Å². The van der Waals surface area contributed by atoms with Crippen molar-refractivity contribution in [3.8, 4) is 0 Å². The summed E-state index contributed by atoms with van der Waals surface area (Å²) in [6, 6.07) is 35.4. The van der Waals surface area contributed by atoms with E-state index in [1.54, 1.807) is 12.1 Å². The van der Waals surface area contributed by atoms with E-state index in [2.05, 4.69) is 74.3 Å². The second kappa shape index (κ2) is 15.4. The monoisotopic (exact) mass is 628 g/mol. The van der Waals surface area contributed by atoms with Gasteiger partial charge < -0.3 is 20.4 Å². The van der Waals surface area contributed by atoms with Crippen LogP contribution in [0.2, 0.25) is 0 Å². The number of carbonyl (C=O) groups is 3. The van der Waals surface area contributed by atoms with E-state index >= 15 is 0 Å². The van der Waals surface area contributed by atoms with Crippen molar-refractivity contribution in [2.75, 3.05) is 62.6 Å². The zero-order chi connectivity index (χ0) is 32.4.